The molecule has 2 aromatic rings. The molecule has 0 bridgehead atoms. The first kappa shape index (κ1) is 14.9. The molecule has 5 heteroatoms. The van der Waals surface area contributed by atoms with Crippen LogP contribution in [0.5, 0.6) is 0 Å². The summed E-state index contributed by atoms with van der Waals surface area (Å²) in [5, 5.41) is 0. The Kier molecular flexibility index (Phi) is 5.26. The van der Waals surface area contributed by atoms with Gasteiger partial charge < -0.3 is 15.0 Å². The summed E-state index contributed by atoms with van der Waals surface area (Å²) in [5.41, 5.74) is 7.46. The molecule has 0 saturated heterocycles. The molecule has 0 aliphatic rings. The van der Waals surface area contributed by atoms with Crippen molar-refractivity contribution in [1.82, 2.24) is 9.55 Å². The van der Waals surface area contributed by atoms with Crippen LogP contribution in [0.2, 0.25) is 0 Å². The Labute approximate surface area is 113 Å². The lowest BCUT2D eigenvalue weighted by Gasteiger charge is -2.06. The molecule has 0 unspecified atom stereocenters. The van der Waals surface area contributed by atoms with Gasteiger partial charge in [0.05, 0.1) is 19.1 Å². The molecule has 5 nitrogen and oxygen atoms in total. The Balaban J connectivity index is 0.00000180. The van der Waals surface area contributed by atoms with E-state index in [1.54, 1.807) is 6.33 Å². The lowest BCUT2D eigenvalue weighted by Crippen LogP contribution is -2.33. The van der Waals surface area contributed by atoms with E-state index in [2.05, 4.69) is 9.72 Å². The second-order valence-electron chi connectivity index (χ2n) is 3.94. The number of benzene rings is 1. The number of para-hydroxylation sites is 1. The molecule has 2 N–H and O–H groups in total. The molecule has 0 aliphatic carbocycles. The van der Waals surface area contributed by atoms with Gasteiger partial charge in [-0.2, -0.15) is 0 Å². The quantitative estimate of drug-likeness (QED) is 0.848. The minimum absolute atomic E-state index is 0. The molecule has 0 radical (unpaired) electrons. The van der Waals surface area contributed by atoms with Crippen LogP contribution in [0.15, 0.2) is 42.9 Å². The normalized spacial score (nSPS) is 11.5. The van der Waals surface area contributed by atoms with E-state index in [1.807, 2.05) is 41.1 Å². The summed E-state index contributed by atoms with van der Waals surface area (Å²) in [6.45, 7) is 0. The van der Waals surface area contributed by atoms with Crippen LogP contribution in [0.4, 0.5) is 0 Å². The van der Waals surface area contributed by atoms with Gasteiger partial charge in [0.15, 0.2) is 0 Å². The van der Waals surface area contributed by atoms with Crippen molar-refractivity contribution in [3.8, 4) is 5.69 Å². The predicted octanol–water partition coefficient (Wildman–Crippen LogP) is 1.55. The van der Waals surface area contributed by atoms with Gasteiger partial charge in [0.1, 0.15) is 6.04 Å². The number of hydrogen-bond acceptors (Lipinski definition) is 4. The van der Waals surface area contributed by atoms with Gasteiger partial charge in [0, 0.05) is 18.3 Å². The van der Waals surface area contributed by atoms with E-state index >= 15 is 0 Å². The number of carbonyl (C=O) groups is 1. The molecule has 0 saturated carbocycles. The average molecular weight is 261 g/mol. The lowest BCUT2D eigenvalue weighted by atomic mass is 10.2. The van der Waals surface area contributed by atoms with Crippen LogP contribution in [-0.4, -0.2) is 28.7 Å². The van der Waals surface area contributed by atoms with E-state index in [1.165, 1.54) is 7.11 Å². The molecule has 1 aromatic heterocycles. The van der Waals surface area contributed by atoms with Crippen LogP contribution in [0.3, 0.4) is 0 Å². The zero-order valence-corrected chi connectivity index (χ0v) is 10.1. The van der Waals surface area contributed by atoms with Crippen LogP contribution >= 0.6 is 0 Å². The molecule has 19 heavy (non-hydrogen) atoms. The summed E-state index contributed by atoms with van der Waals surface area (Å²) in [5.74, 6) is -0.427. The molecule has 0 aliphatic heterocycles. The van der Waals surface area contributed by atoms with Crippen molar-refractivity contribution >= 4 is 5.97 Å². The molecule has 0 spiro atoms. The van der Waals surface area contributed by atoms with Crippen LogP contribution < -0.4 is 5.73 Å². The number of ether oxygens (including phenoxy) is 1. The molecule has 2 rings (SSSR count). The molecule has 0 fully saturated rings. The number of imidazole rings is 1. The molecule has 102 valence electrons. The maximum atomic E-state index is 11.2. The van der Waals surface area contributed by atoms with Gasteiger partial charge >= 0.3 is 5.97 Å². The van der Waals surface area contributed by atoms with Crippen molar-refractivity contribution in [3.63, 3.8) is 0 Å². The minimum Gasteiger partial charge on any atom is -0.468 e. The van der Waals surface area contributed by atoms with Crippen LogP contribution in [-0.2, 0) is 16.0 Å². The highest BCUT2D eigenvalue weighted by atomic mass is 16.5. The molecule has 1 aromatic carbocycles. The SMILES string of the molecule is C.COC(=O)[C@@H](N)Cc1cn(-c2ccccc2)cn1. The largest absolute Gasteiger partial charge is 0.468 e. The summed E-state index contributed by atoms with van der Waals surface area (Å²) in [7, 11) is 1.32. The standard InChI is InChI=1S/C13H15N3O2.CH4/c1-18-13(17)12(14)7-10-8-16(9-15-10)11-5-3-2-4-6-11;/h2-6,8-9,12H,7,14H2,1H3;1H4/t12-;/m0./s1. The number of rotatable bonds is 4. The van der Waals surface area contributed by atoms with Gasteiger partial charge in [-0.25, -0.2) is 4.98 Å². The Hall–Kier alpha value is -2.14. The fourth-order valence-electron chi connectivity index (χ4n) is 1.67. The Bertz CT molecular complexity index is 522. The highest BCUT2D eigenvalue weighted by molar-refractivity contribution is 5.75. The van der Waals surface area contributed by atoms with E-state index < -0.39 is 12.0 Å². The van der Waals surface area contributed by atoms with E-state index in [0.717, 1.165) is 11.4 Å². The van der Waals surface area contributed by atoms with Crippen molar-refractivity contribution in [1.29, 1.82) is 0 Å². The first-order valence-corrected chi connectivity index (χ1v) is 5.62. The predicted molar refractivity (Wildman–Crippen MR) is 74.0 cm³/mol. The van der Waals surface area contributed by atoms with Crippen molar-refractivity contribution in [2.24, 2.45) is 5.73 Å². The van der Waals surface area contributed by atoms with Crippen LogP contribution in [0.25, 0.3) is 5.69 Å². The van der Waals surface area contributed by atoms with E-state index in [-0.39, 0.29) is 7.43 Å². The highest BCUT2D eigenvalue weighted by Crippen LogP contribution is 2.09. The van der Waals surface area contributed by atoms with E-state index in [0.29, 0.717) is 6.42 Å². The zero-order chi connectivity index (χ0) is 13.0. The number of nitrogens with two attached hydrogens (primary N) is 1. The van der Waals surface area contributed by atoms with Gasteiger partial charge in [0.25, 0.3) is 0 Å². The summed E-state index contributed by atoms with van der Waals surface area (Å²) >= 11 is 0. The van der Waals surface area contributed by atoms with Crippen molar-refractivity contribution in [2.45, 2.75) is 19.9 Å². The van der Waals surface area contributed by atoms with Crippen molar-refractivity contribution < 1.29 is 9.53 Å². The third-order valence-electron chi connectivity index (χ3n) is 2.62. The maximum Gasteiger partial charge on any atom is 0.323 e. The number of hydrogen-bond donors (Lipinski definition) is 1. The number of carbonyl (C=O) groups excluding carboxylic acids is 1. The third kappa shape index (κ3) is 3.66. The summed E-state index contributed by atoms with van der Waals surface area (Å²) in [4.78, 5) is 15.4. The number of aromatic nitrogens is 2. The lowest BCUT2D eigenvalue weighted by molar-refractivity contribution is -0.142. The first-order valence-electron chi connectivity index (χ1n) is 5.62. The van der Waals surface area contributed by atoms with Crippen molar-refractivity contribution in [3.05, 3.63) is 48.5 Å². The molecule has 1 heterocycles. The number of nitrogens with zero attached hydrogens (tertiary/aromatic N) is 2. The number of methoxy groups -OCH3 is 1. The van der Waals surface area contributed by atoms with Gasteiger partial charge in [-0.1, -0.05) is 25.6 Å². The number of esters is 1. The van der Waals surface area contributed by atoms with Crippen molar-refractivity contribution in [2.75, 3.05) is 7.11 Å². The molecular weight excluding hydrogens is 242 g/mol. The van der Waals surface area contributed by atoms with Gasteiger partial charge in [-0.05, 0) is 12.1 Å². The fourth-order valence-corrected chi connectivity index (χ4v) is 1.67. The van der Waals surface area contributed by atoms with E-state index in [4.69, 9.17) is 5.73 Å². The first-order chi connectivity index (χ1) is 8.70. The summed E-state index contributed by atoms with van der Waals surface area (Å²) in [6.07, 6.45) is 3.93. The second-order valence-corrected chi connectivity index (χ2v) is 3.94. The summed E-state index contributed by atoms with van der Waals surface area (Å²) in [6, 6.07) is 9.14. The van der Waals surface area contributed by atoms with E-state index in [9.17, 15) is 4.79 Å². The van der Waals surface area contributed by atoms with Gasteiger partial charge in [-0.3, -0.25) is 4.79 Å². The smallest absolute Gasteiger partial charge is 0.323 e. The monoisotopic (exact) mass is 261 g/mol. The molecule has 0 amide bonds. The molecular formula is C14H19N3O2. The van der Waals surface area contributed by atoms with Gasteiger partial charge in [0.2, 0.25) is 0 Å². The Morgan fingerprint density at radius 2 is 2.11 bits per heavy atom. The molecule has 1 atom stereocenters. The Morgan fingerprint density at radius 3 is 2.74 bits per heavy atom. The topological polar surface area (TPSA) is 70.1 Å². The van der Waals surface area contributed by atoms with Crippen LogP contribution in [0.1, 0.15) is 13.1 Å². The highest BCUT2D eigenvalue weighted by Gasteiger charge is 2.15. The average Bonchev–Trinajstić information content (AvgIpc) is 2.87. The third-order valence-corrected chi connectivity index (χ3v) is 2.62. The summed E-state index contributed by atoms with van der Waals surface area (Å²) < 4.78 is 6.47. The minimum atomic E-state index is -0.672. The van der Waals surface area contributed by atoms with Gasteiger partial charge in [-0.15, -0.1) is 0 Å². The zero-order valence-electron chi connectivity index (χ0n) is 10.1. The Morgan fingerprint density at radius 1 is 1.42 bits per heavy atom. The maximum absolute atomic E-state index is 11.2. The second kappa shape index (κ2) is 6.70. The van der Waals surface area contributed by atoms with Crippen LogP contribution in [0, 0.1) is 0 Å². The fraction of sp³-hybridized carbons (Fsp3) is 0.286.